The molecule has 0 saturated heterocycles. The molecule has 16 heavy (non-hydrogen) atoms. The molecule has 1 rings (SSSR count). The Labute approximate surface area is 127 Å². The standard InChI is InChI=1S/C12H18O.2ClH.Mg/c1-9-6-7-10(13-5)8-11(9)12(2,3)4;;;/h6-8H,1-5H3;2*1H;/q;;;+2/p-2. The van der Waals surface area contributed by atoms with E-state index in [1.54, 1.807) is 7.11 Å². The summed E-state index contributed by atoms with van der Waals surface area (Å²) in [6, 6.07) is 6.24. The summed E-state index contributed by atoms with van der Waals surface area (Å²) >= 11 is 0. The van der Waals surface area contributed by atoms with Crippen molar-refractivity contribution in [2.45, 2.75) is 33.1 Å². The van der Waals surface area contributed by atoms with Crippen molar-refractivity contribution >= 4 is 23.1 Å². The molecule has 0 N–H and O–H groups in total. The summed E-state index contributed by atoms with van der Waals surface area (Å²) in [5.41, 5.74) is 2.87. The van der Waals surface area contributed by atoms with Crippen LogP contribution >= 0.6 is 0 Å². The quantitative estimate of drug-likeness (QED) is 0.494. The Morgan fingerprint density at radius 1 is 1.06 bits per heavy atom. The maximum absolute atomic E-state index is 5.20. The van der Waals surface area contributed by atoms with E-state index in [0.29, 0.717) is 0 Å². The van der Waals surface area contributed by atoms with Crippen LogP contribution in [0, 0.1) is 6.92 Å². The number of aryl methyl sites for hydroxylation is 1. The Balaban J connectivity index is -0.000000563. The average Bonchev–Trinajstić information content (AvgIpc) is 2.03. The van der Waals surface area contributed by atoms with Gasteiger partial charge >= 0.3 is 23.1 Å². The molecule has 0 radical (unpaired) electrons. The average molecular weight is 273 g/mol. The predicted molar refractivity (Wildman–Crippen MR) is 62.2 cm³/mol. The summed E-state index contributed by atoms with van der Waals surface area (Å²) in [7, 11) is 1.71. The van der Waals surface area contributed by atoms with Crippen LogP contribution in [0.4, 0.5) is 0 Å². The number of methoxy groups -OCH3 is 1. The van der Waals surface area contributed by atoms with E-state index in [0.717, 1.165) is 5.75 Å². The van der Waals surface area contributed by atoms with Crippen LogP contribution in [0.3, 0.4) is 0 Å². The van der Waals surface area contributed by atoms with Crippen molar-refractivity contribution in [2.75, 3.05) is 7.11 Å². The third-order valence-electron chi connectivity index (χ3n) is 2.25. The Morgan fingerprint density at radius 3 is 1.94 bits per heavy atom. The van der Waals surface area contributed by atoms with Gasteiger partial charge in [0.15, 0.2) is 0 Å². The predicted octanol–water partition coefficient (Wildman–Crippen LogP) is -3.07. The molecule has 0 spiro atoms. The van der Waals surface area contributed by atoms with Gasteiger partial charge in [-0.15, -0.1) is 0 Å². The van der Waals surface area contributed by atoms with Gasteiger partial charge in [0.1, 0.15) is 5.75 Å². The Bertz CT molecular complexity index is 308. The molecule has 0 fully saturated rings. The van der Waals surface area contributed by atoms with Gasteiger partial charge in [-0.05, 0) is 35.6 Å². The summed E-state index contributed by atoms with van der Waals surface area (Å²) in [5.74, 6) is 0.940. The van der Waals surface area contributed by atoms with Gasteiger partial charge in [0.2, 0.25) is 0 Å². The van der Waals surface area contributed by atoms with Crippen LogP contribution in [0.25, 0.3) is 0 Å². The molecule has 0 saturated carbocycles. The van der Waals surface area contributed by atoms with Crippen LogP contribution in [0.15, 0.2) is 18.2 Å². The number of rotatable bonds is 1. The van der Waals surface area contributed by atoms with Crippen molar-refractivity contribution in [1.82, 2.24) is 0 Å². The second-order valence-corrected chi connectivity index (χ2v) is 4.43. The van der Waals surface area contributed by atoms with Crippen molar-refractivity contribution in [1.29, 1.82) is 0 Å². The largest absolute Gasteiger partial charge is 2.00 e. The molecular formula is C12H18Cl2MgO. The zero-order valence-electron chi connectivity index (χ0n) is 10.6. The minimum absolute atomic E-state index is 0. The first kappa shape index (κ1) is 21.6. The van der Waals surface area contributed by atoms with Gasteiger partial charge in [-0.1, -0.05) is 26.8 Å². The first-order valence-corrected chi connectivity index (χ1v) is 4.60. The fraction of sp³-hybridized carbons (Fsp3) is 0.500. The Kier molecular flexibility index (Phi) is 11.4. The van der Waals surface area contributed by atoms with Crippen LogP contribution in [-0.4, -0.2) is 30.2 Å². The van der Waals surface area contributed by atoms with Crippen molar-refractivity contribution in [3.8, 4) is 5.75 Å². The Hall–Kier alpha value is 0.366. The molecule has 0 aliphatic heterocycles. The molecule has 0 unspecified atom stereocenters. The summed E-state index contributed by atoms with van der Waals surface area (Å²) in [5, 5.41) is 0. The van der Waals surface area contributed by atoms with Gasteiger partial charge in [0.05, 0.1) is 7.11 Å². The maximum atomic E-state index is 5.20. The zero-order chi connectivity index (χ0) is 10.1. The van der Waals surface area contributed by atoms with E-state index in [2.05, 4.69) is 39.8 Å². The molecule has 0 aliphatic rings. The summed E-state index contributed by atoms with van der Waals surface area (Å²) in [4.78, 5) is 0. The van der Waals surface area contributed by atoms with E-state index < -0.39 is 0 Å². The van der Waals surface area contributed by atoms with E-state index in [1.807, 2.05) is 6.07 Å². The monoisotopic (exact) mass is 272 g/mol. The van der Waals surface area contributed by atoms with Crippen molar-refractivity contribution in [3.63, 3.8) is 0 Å². The topological polar surface area (TPSA) is 9.23 Å². The zero-order valence-corrected chi connectivity index (χ0v) is 13.5. The van der Waals surface area contributed by atoms with Gasteiger partial charge in [-0.25, -0.2) is 0 Å². The molecule has 0 aliphatic carbocycles. The molecule has 4 heteroatoms. The van der Waals surface area contributed by atoms with Crippen LogP contribution in [0.5, 0.6) is 5.75 Å². The molecule has 88 valence electrons. The molecule has 1 aromatic rings. The van der Waals surface area contributed by atoms with Crippen LogP contribution in [0.1, 0.15) is 31.9 Å². The number of hydrogen-bond donors (Lipinski definition) is 0. The SMILES string of the molecule is COc1ccc(C)c(C(C)(C)C)c1.[Cl-].[Cl-].[Mg+2]. The van der Waals surface area contributed by atoms with Crippen molar-refractivity contribution < 1.29 is 29.6 Å². The third-order valence-corrected chi connectivity index (χ3v) is 2.25. The number of halogens is 2. The molecule has 0 amide bonds. The fourth-order valence-electron chi connectivity index (χ4n) is 1.54. The molecule has 0 aromatic heterocycles. The summed E-state index contributed by atoms with van der Waals surface area (Å²) < 4.78 is 5.20. The number of benzene rings is 1. The molecule has 0 heterocycles. The van der Waals surface area contributed by atoms with Gasteiger partial charge in [0, 0.05) is 0 Å². The second kappa shape index (κ2) is 8.46. The van der Waals surface area contributed by atoms with Crippen molar-refractivity contribution in [3.05, 3.63) is 29.3 Å². The molecule has 0 bridgehead atoms. The molecular weight excluding hydrogens is 255 g/mol. The summed E-state index contributed by atoms with van der Waals surface area (Å²) in [6.45, 7) is 8.79. The minimum atomic E-state index is 0. The van der Waals surface area contributed by atoms with Gasteiger partial charge in [-0.2, -0.15) is 0 Å². The van der Waals surface area contributed by atoms with Gasteiger partial charge in [0.25, 0.3) is 0 Å². The molecule has 1 aromatic carbocycles. The van der Waals surface area contributed by atoms with E-state index >= 15 is 0 Å². The molecule has 1 nitrogen and oxygen atoms in total. The first-order chi connectivity index (χ1) is 5.95. The normalized spacial score (nSPS) is 9.31. The van der Waals surface area contributed by atoms with Crippen molar-refractivity contribution in [2.24, 2.45) is 0 Å². The van der Waals surface area contributed by atoms with Crippen LogP contribution in [0.2, 0.25) is 0 Å². The van der Waals surface area contributed by atoms with Gasteiger partial charge < -0.3 is 29.6 Å². The van der Waals surface area contributed by atoms with E-state index in [1.165, 1.54) is 11.1 Å². The minimum Gasteiger partial charge on any atom is -1.00 e. The smallest absolute Gasteiger partial charge is 1.00 e. The molecule has 0 atom stereocenters. The first-order valence-electron chi connectivity index (χ1n) is 4.60. The van der Waals surface area contributed by atoms with E-state index in [4.69, 9.17) is 4.74 Å². The van der Waals surface area contributed by atoms with E-state index in [-0.39, 0.29) is 53.3 Å². The van der Waals surface area contributed by atoms with Gasteiger partial charge in [-0.3, -0.25) is 0 Å². The second-order valence-electron chi connectivity index (χ2n) is 4.43. The summed E-state index contributed by atoms with van der Waals surface area (Å²) in [6.07, 6.45) is 0. The van der Waals surface area contributed by atoms with Crippen LogP contribution < -0.4 is 29.6 Å². The number of ether oxygens (including phenoxy) is 1. The number of hydrogen-bond acceptors (Lipinski definition) is 1. The van der Waals surface area contributed by atoms with Crippen LogP contribution in [-0.2, 0) is 5.41 Å². The fourth-order valence-corrected chi connectivity index (χ4v) is 1.54. The Morgan fingerprint density at radius 2 is 1.56 bits per heavy atom. The maximum Gasteiger partial charge on any atom is 2.00 e. The third kappa shape index (κ3) is 5.62. The van der Waals surface area contributed by atoms with E-state index in [9.17, 15) is 0 Å².